The fraction of sp³-hybridized carbons (Fsp3) is 0.200. The molecule has 0 aliphatic rings. The molecule has 0 heterocycles. The first kappa shape index (κ1) is 15.0. The summed E-state index contributed by atoms with van der Waals surface area (Å²) < 4.78 is 19.4. The summed E-state index contributed by atoms with van der Waals surface area (Å²) in [5.74, 6) is 6.08. The highest BCUT2D eigenvalue weighted by molar-refractivity contribution is 9.10. The van der Waals surface area contributed by atoms with Crippen molar-refractivity contribution in [2.45, 2.75) is 12.5 Å². The summed E-state index contributed by atoms with van der Waals surface area (Å²) in [4.78, 5) is 0. The van der Waals surface area contributed by atoms with E-state index in [9.17, 15) is 4.39 Å². The van der Waals surface area contributed by atoms with Crippen LogP contribution in [-0.4, -0.2) is 12.6 Å². The Morgan fingerprint density at radius 2 is 1.95 bits per heavy atom. The molecule has 3 N–H and O–H groups in total. The Balaban J connectivity index is 1.95. The lowest BCUT2D eigenvalue weighted by Crippen LogP contribution is -2.41. The molecule has 106 valence electrons. The Morgan fingerprint density at radius 3 is 2.60 bits per heavy atom. The van der Waals surface area contributed by atoms with Gasteiger partial charge in [0.1, 0.15) is 18.2 Å². The van der Waals surface area contributed by atoms with Gasteiger partial charge >= 0.3 is 0 Å². The van der Waals surface area contributed by atoms with Crippen LogP contribution >= 0.6 is 15.9 Å². The first-order valence-electron chi connectivity index (χ1n) is 6.27. The van der Waals surface area contributed by atoms with Gasteiger partial charge < -0.3 is 4.74 Å². The third-order valence-corrected chi connectivity index (χ3v) is 3.65. The second-order valence-corrected chi connectivity index (χ2v) is 5.28. The van der Waals surface area contributed by atoms with Crippen LogP contribution in [0.2, 0.25) is 0 Å². The van der Waals surface area contributed by atoms with Gasteiger partial charge in [0.15, 0.2) is 0 Å². The lowest BCUT2D eigenvalue weighted by molar-refractivity contribution is 0.264. The Bertz CT molecular complexity index is 551. The van der Waals surface area contributed by atoms with Crippen molar-refractivity contribution in [2.75, 3.05) is 6.61 Å². The summed E-state index contributed by atoms with van der Waals surface area (Å²) in [6.07, 6.45) is 0.643. The molecule has 2 rings (SSSR count). The van der Waals surface area contributed by atoms with E-state index in [4.69, 9.17) is 10.6 Å². The van der Waals surface area contributed by atoms with E-state index < -0.39 is 0 Å². The number of halogens is 2. The van der Waals surface area contributed by atoms with Crippen LogP contribution in [0.1, 0.15) is 5.56 Å². The number of hydrazine groups is 1. The maximum absolute atomic E-state index is 13.0. The molecule has 1 atom stereocenters. The second kappa shape index (κ2) is 7.38. The third-order valence-electron chi connectivity index (χ3n) is 2.91. The minimum atomic E-state index is -0.265. The zero-order valence-corrected chi connectivity index (χ0v) is 12.4. The Morgan fingerprint density at radius 1 is 1.20 bits per heavy atom. The molecule has 2 aromatic carbocycles. The third kappa shape index (κ3) is 4.30. The molecule has 0 amide bonds. The minimum Gasteiger partial charge on any atom is -0.492 e. The van der Waals surface area contributed by atoms with E-state index >= 15 is 0 Å². The molecule has 2 aromatic rings. The van der Waals surface area contributed by atoms with Gasteiger partial charge in [0, 0.05) is 4.47 Å². The smallest absolute Gasteiger partial charge is 0.124 e. The lowest BCUT2D eigenvalue weighted by Gasteiger charge is -2.17. The summed E-state index contributed by atoms with van der Waals surface area (Å²) in [6.45, 7) is 0.435. The Kier molecular flexibility index (Phi) is 5.52. The van der Waals surface area contributed by atoms with Gasteiger partial charge in [-0.15, -0.1) is 0 Å². The van der Waals surface area contributed by atoms with Gasteiger partial charge in [-0.1, -0.05) is 40.2 Å². The maximum atomic E-state index is 13.0. The maximum Gasteiger partial charge on any atom is 0.124 e. The molecular formula is C15H16BrFN2O. The van der Waals surface area contributed by atoms with Crippen LogP contribution in [0.5, 0.6) is 5.75 Å². The van der Waals surface area contributed by atoms with Crippen molar-refractivity contribution in [1.29, 1.82) is 0 Å². The number of para-hydroxylation sites is 1. The molecule has 0 aromatic heterocycles. The number of rotatable bonds is 6. The van der Waals surface area contributed by atoms with E-state index in [1.54, 1.807) is 6.07 Å². The quantitative estimate of drug-likeness (QED) is 0.628. The van der Waals surface area contributed by atoms with E-state index in [0.29, 0.717) is 13.0 Å². The second-order valence-electron chi connectivity index (χ2n) is 4.43. The van der Waals surface area contributed by atoms with Crippen molar-refractivity contribution >= 4 is 15.9 Å². The van der Waals surface area contributed by atoms with Crippen molar-refractivity contribution in [3.8, 4) is 5.75 Å². The highest BCUT2D eigenvalue weighted by atomic mass is 79.9. The summed E-state index contributed by atoms with van der Waals surface area (Å²) >= 11 is 3.35. The van der Waals surface area contributed by atoms with Crippen molar-refractivity contribution in [1.82, 2.24) is 5.43 Å². The molecule has 0 saturated heterocycles. The average molecular weight is 339 g/mol. The van der Waals surface area contributed by atoms with Crippen LogP contribution < -0.4 is 16.0 Å². The first-order valence-corrected chi connectivity index (χ1v) is 7.06. The molecule has 0 bridgehead atoms. The Hall–Kier alpha value is -1.43. The van der Waals surface area contributed by atoms with E-state index in [2.05, 4.69) is 21.4 Å². The highest BCUT2D eigenvalue weighted by Gasteiger charge is 2.11. The van der Waals surface area contributed by atoms with E-state index in [-0.39, 0.29) is 11.9 Å². The molecule has 0 radical (unpaired) electrons. The predicted molar refractivity (Wildman–Crippen MR) is 80.9 cm³/mol. The standard InChI is InChI=1S/C15H16BrFN2O/c16-15-9-12(17)7-6-11(15)8-13(19-18)10-20-14-4-2-1-3-5-14/h1-7,9,13,19H,8,10,18H2. The fourth-order valence-electron chi connectivity index (χ4n) is 1.83. The molecular weight excluding hydrogens is 323 g/mol. The molecule has 0 spiro atoms. The highest BCUT2D eigenvalue weighted by Crippen LogP contribution is 2.19. The van der Waals surface area contributed by atoms with Gasteiger partial charge in [-0.2, -0.15) is 0 Å². The molecule has 1 unspecified atom stereocenters. The molecule has 0 fully saturated rings. The number of hydrogen-bond acceptors (Lipinski definition) is 3. The zero-order chi connectivity index (χ0) is 14.4. The van der Waals surface area contributed by atoms with E-state index in [1.165, 1.54) is 12.1 Å². The molecule has 0 aliphatic carbocycles. The number of benzene rings is 2. The van der Waals surface area contributed by atoms with Gasteiger partial charge in [0.2, 0.25) is 0 Å². The first-order chi connectivity index (χ1) is 9.69. The van der Waals surface area contributed by atoms with Crippen LogP contribution in [0.15, 0.2) is 53.0 Å². The summed E-state index contributed by atoms with van der Waals surface area (Å²) in [5, 5.41) is 0. The Labute approximate surface area is 126 Å². The van der Waals surface area contributed by atoms with E-state index in [0.717, 1.165) is 15.8 Å². The van der Waals surface area contributed by atoms with Crippen LogP contribution in [0.3, 0.4) is 0 Å². The number of nitrogens with one attached hydrogen (secondary N) is 1. The van der Waals surface area contributed by atoms with Gasteiger partial charge in [-0.25, -0.2) is 4.39 Å². The van der Waals surface area contributed by atoms with Crippen molar-refractivity contribution in [2.24, 2.45) is 5.84 Å². The molecule has 3 nitrogen and oxygen atoms in total. The molecule has 0 aliphatic heterocycles. The monoisotopic (exact) mass is 338 g/mol. The van der Waals surface area contributed by atoms with Gasteiger partial charge in [0.25, 0.3) is 0 Å². The van der Waals surface area contributed by atoms with Gasteiger partial charge in [-0.05, 0) is 36.2 Å². The molecule has 5 heteroatoms. The van der Waals surface area contributed by atoms with Gasteiger partial charge in [-0.3, -0.25) is 11.3 Å². The number of nitrogens with two attached hydrogens (primary N) is 1. The predicted octanol–water partition coefficient (Wildman–Crippen LogP) is 3.04. The van der Waals surface area contributed by atoms with Crippen LogP contribution in [0.25, 0.3) is 0 Å². The largest absolute Gasteiger partial charge is 0.492 e. The van der Waals surface area contributed by atoms with Crippen molar-refractivity contribution < 1.29 is 9.13 Å². The molecule has 0 saturated carbocycles. The SMILES string of the molecule is NNC(COc1ccccc1)Cc1ccc(F)cc1Br. The van der Waals surface area contributed by atoms with Crippen molar-refractivity contribution in [3.63, 3.8) is 0 Å². The summed E-state index contributed by atoms with van der Waals surface area (Å²) in [7, 11) is 0. The van der Waals surface area contributed by atoms with E-state index in [1.807, 2.05) is 30.3 Å². The van der Waals surface area contributed by atoms with Crippen LogP contribution in [0.4, 0.5) is 4.39 Å². The number of hydrogen-bond donors (Lipinski definition) is 2. The topological polar surface area (TPSA) is 47.3 Å². The summed E-state index contributed by atoms with van der Waals surface area (Å²) in [6, 6.07) is 14.1. The van der Waals surface area contributed by atoms with Crippen LogP contribution in [0, 0.1) is 5.82 Å². The fourth-order valence-corrected chi connectivity index (χ4v) is 2.34. The summed E-state index contributed by atoms with van der Waals surface area (Å²) in [5.41, 5.74) is 3.70. The minimum absolute atomic E-state index is 0.0584. The lowest BCUT2D eigenvalue weighted by atomic mass is 10.1. The van der Waals surface area contributed by atoms with Gasteiger partial charge in [0.05, 0.1) is 6.04 Å². The zero-order valence-electron chi connectivity index (χ0n) is 10.9. The average Bonchev–Trinajstić information content (AvgIpc) is 2.46. The normalized spacial score (nSPS) is 12.2. The van der Waals surface area contributed by atoms with Crippen molar-refractivity contribution in [3.05, 3.63) is 64.4 Å². The number of ether oxygens (including phenoxy) is 1. The molecule has 20 heavy (non-hydrogen) atoms. The van der Waals surface area contributed by atoms with Crippen LogP contribution in [-0.2, 0) is 6.42 Å².